The lowest BCUT2D eigenvalue weighted by Crippen LogP contribution is -2.26. The molecule has 0 aromatic heterocycles. The number of aliphatic carboxylic acids is 1. The van der Waals surface area contributed by atoms with Crippen LogP contribution in [0, 0.1) is 0 Å². The van der Waals surface area contributed by atoms with Gasteiger partial charge < -0.3 is 19.9 Å². The first-order valence-electron chi connectivity index (χ1n) is 7.19. The summed E-state index contributed by atoms with van der Waals surface area (Å²) in [4.78, 5) is 23.7. The van der Waals surface area contributed by atoms with Gasteiger partial charge in [-0.05, 0) is 19.9 Å². The standard InChI is InChI=1S/C17H19NO5/c1-10(2)23-14-7-5-4-6-11(14)15-12(16(19)20)8-18-9-13(15)17(21)22-3/h4-10,15,18H,1-3H3,(H,19,20). The Morgan fingerprint density at radius 3 is 2.43 bits per heavy atom. The van der Waals surface area contributed by atoms with Crippen LogP contribution in [0.2, 0.25) is 0 Å². The molecule has 0 saturated carbocycles. The van der Waals surface area contributed by atoms with E-state index < -0.39 is 17.9 Å². The zero-order chi connectivity index (χ0) is 17.0. The smallest absolute Gasteiger partial charge is 0.336 e. The lowest BCUT2D eigenvalue weighted by Gasteiger charge is -2.26. The molecule has 1 aliphatic rings. The minimum atomic E-state index is -1.11. The van der Waals surface area contributed by atoms with E-state index >= 15 is 0 Å². The number of hydrogen-bond donors (Lipinski definition) is 2. The Morgan fingerprint density at radius 1 is 1.17 bits per heavy atom. The van der Waals surface area contributed by atoms with E-state index in [2.05, 4.69) is 5.32 Å². The number of esters is 1. The van der Waals surface area contributed by atoms with E-state index in [-0.39, 0.29) is 17.3 Å². The molecule has 1 aliphatic heterocycles. The largest absolute Gasteiger partial charge is 0.491 e. The Bertz CT molecular complexity index is 675. The maximum absolute atomic E-state index is 12.1. The summed E-state index contributed by atoms with van der Waals surface area (Å²) in [5.41, 5.74) is 0.868. The highest BCUT2D eigenvalue weighted by atomic mass is 16.5. The second kappa shape index (κ2) is 7.00. The predicted octanol–water partition coefficient (Wildman–Crippen LogP) is 2.19. The van der Waals surface area contributed by atoms with Crippen LogP contribution in [0.5, 0.6) is 5.75 Å². The van der Waals surface area contributed by atoms with Gasteiger partial charge in [0.25, 0.3) is 0 Å². The van der Waals surface area contributed by atoms with Crippen molar-refractivity contribution in [3.05, 3.63) is 53.4 Å². The minimum Gasteiger partial charge on any atom is -0.491 e. The molecule has 0 aliphatic carbocycles. The first-order chi connectivity index (χ1) is 11.0. The second-order valence-corrected chi connectivity index (χ2v) is 5.30. The highest BCUT2D eigenvalue weighted by molar-refractivity contribution is 5.98. The van der Waals surface area contributed by atoms with Crippen LogP contribution in [0.15, 0.2) is 47.8 Å². The maximum Gasteiger partial charge on any atom is 0.336 e. The van der Waals surface area contributed by atoms with Crippen molar-refractivity contribution < 1.29 is 24.2 Å². The van der Waals surface area contributed by atoms with Crippen molar-refractivity contribution in [2.45, 2.75) is 25.9 Å². The van der Waals surface area contributed by atoms with Crippen LogP contribution in [0.3, 0.4) is 0 Å². The molecule has 122 valence electrons. The fourth-order valence-electron chi connectivity index (χ4n) is 2.45. The van der Waals surface area contributed by atoms with Gasteiger partial charge in [-0.25, -0.2) is 9.59 Å². The van der Waals surface area contributed by atoms with E-state index in [0.29, 0.717) is 11.3 Å². The number of carbonyl (C=O) groups excluding carboxylic acids is 1. The zero-order valence-corrected chi connectivity index (χ0v) is 13.2. The number of nitrogens with one attached hydrogen (secondary N) is 1. The van der Waals surface area contributed by atoms with Gasteiger partial charge in [-0.3, -0.25) is 0 Å². The van der Waals surface area contributed by atoms with E-state index in [1.807, 2.05) is 13.8 Å². The van der Waals surface area contributed by atoms with Gasteiger partial charge in [-0.1, -0.05) is 18.2 Å². The Hall–Kier alpha value is -2.76. The summed E-state index contributed by atoms with van der Waals surface area (Å²) in [5, 5.41) is 12.2. The fraction of sp³-hybridized carbons (Fsp3) is 0.294. The zero-order valence-electron chi connectivity index (χ0n) is 13.2. The molecule has 6 heteroatoms. The summed E-state index contributed by atoms with van der Waals surface area (Å²) in [6, 6.07) is 7.08. The van der Waals surface area contributed by atoms with Gasteiger partial charge in [0.2, 0.25) is 0 Å². The molecule has 0 spiro atoms. The number of carbonyl (C=O) groups is 2. The number of carboxylic acids is 1. The van der Waals surface area contributed by atoms with Crippen molar-refractivity contribution in [3.63, 3.8) is 0 Å². The summed E-state index contributed by atoms with van der Waals surface area (Å²) < 4.78 is 10.6. The lowest BCUT2D eigenvalue weighted by molar-refractivity contribution is -0.136. The minimum absolute atomic E-state index is 0.0488. The van der Waals surface area contributed by atoms with Gasteiger partial charge in [-0.2, -0.15) is 0 Å². The SMILES string of the molecule is COC(=O)C1=CNC=C(C(=O)O)C1c1ccccc1OC(C)C. The van der Waals surface area contributed by atoms with Gasteiger partial charge in [0, 0.05) is 18.0 Å². The van der Waals surface area contributed by atoms with Crippen LogP contribution < -0.4 is 10.1 Å². The summed E-state index contributed by atoms with van der Waals surface area (Å²) in [5.74, 6) is -1.93. The normalized spacial score (nSPS) is 17.0. The van der Waals surface area contributed by atoms with Crippen molar-refractivity contribution in [2.75, 3.05) is 7.11 Å². The molecular formula is C17H19NO5. The Labute approximate surface area is 134 Å². The molecule has 2 N–H and O–H groups in total. The summed E-state index contributed by atoms with van der Waals surface area (Å²) >= 11 is 0. The number of para-hydroxylation sites is 1. The van der Waals surface area contributed by atoms with E-state index in [4.69, 9.17) is 9.47 Å². The van der Waals surface area contributed by atoms with Crippen LogP contribution in [0.25, 0.3) is 0 Å². The fourth-order valence-corrected chi connectivity index (χ4v) is 2.45. The van der Waals surface area contributed by atoms with Gasteiger partial charge in [-0.15, -0.1) is 0 Å². The number of carboxylic acid groups (broad SMARTS) is 1. The van der Waals surface area contributed by atoms with Crippen molar-refractivity contribution in [1.29, 1.82) is 0 Å². The number of rotatable bonds is 5. The van der Waals surface area contributed by atoms with E-state index in [9.17, 15) is 14.7 Å². The molecule has 2 rings (SSSR count). The monoisotopic (exact) mass is 317 g/mol. The molecule has 6 nitrogen and oxygen atoms in total. The second-order valence-electron chi connectivity index (χ2n) is 5.30. The Kier molecular flexibility index (Phi) is 5.05. The molecule has 0 radical (unpaired) electrons. The molecule has 1 atom stereocenters. The molecule has 23 heavy (non-hydrogen) atoms. The first kappa shape index (κ1) is 16.6. The average molecular weight is 317 g/mol. The summed E-state index contributed by atoms with van der Waals surface area (Å²) in [6.07, 6.45) is 2.74. The van der Waals surface area contributed by atoms with E-state index in [1.165, 1.54) is 19.5 Å². The third kappa shape index (κ3) is 3.53. The average Bonchev–Trinajstić information content (AvgIpc) is 2.53. The lowest BCUT2D eigenvalue weighted by atomic mass is 9.83. The molecule has 1 aromatic carbocycles. The van der Waals surface area contributed by atoms with Gasteiger partial charge >= 0.3 is 11.9 Å². The third-order valence-corrected chi connectivity index (χ3v) is 3.36. The molecule has 0 bridgehead atoms. The predicted molar refractivity (Wildman–Crippen MR) is 83.9 cm³/mol. The number of methoxy groups -OCH3 is 1. The van der Waals surface area contributed by atoms with Crippen LogP contribution in [-0.2, 0) is 14.3 Å². The van der Waals surface area contributed by atoms with E-state index in [1.54, 1.807) is 24.3 Å². The number of hydrogen-bond acceptors (Lipinski definition) is 5. The topological polar surface area (TPSA) is 84.9 Å². The van der Waals surface area contributed by atoms with Gasteiger partial charge in [0.15, 0.2) is 0 Å². The highest BCUT2D eigenvalue weighted by Gasteiger charge is 2.34. The number of dihydropyridines is 1. The Morgan fingerprint density at radius 2 is 1.83 bits per heavy atom. The van der Waals surface area contributed by atoms with Crippen LogP contribution in [0.1, 0.15) is 25.3 Å². The van der Waals surface area contributed by atoms with Crippen LogP contribution >= 0.6 is 0 Å². The summed E-state index contributed by atoms with van der Waals surface area (Å²) in [6.45, 7) is 3.76. The molecule has 1 unspecified atom stereocenters. The Balaban J connectivity index is 2.56. The maximum atomic E-state index is 12.1. The van der Waals surface area contributed by atoms with E-state index in [0.717, 1.165) is 0 Å². The molecule has 0 fully saturated rings. The highest BCUT2D eigenvalue weighted by Crippen LogP contribution is 2.39. The molecule has 0 saturated heterocycles. The number of benzene rings is 1. The molecular weight excluding hydrogens is 298 g/mol. The van der Waals surface area contributed by atoms with Gasteiger partial charge in [0.05, 0.1) is 30.3 Å². The third-order valence-electron chi connectivity index (χ3n) is 3.36. The molecule has 0 amide bonds. The van der Waals surface area contributed by atoms with Crippen LogP contribution in [-0.4, -0.2) is 30.3 Å². The molecule has 1 heterocycles. The molecule has 1 aromatic rings. The quantitative estimate of drug-likeness (QED) is 0.810. The summed E-state index contributed by atoms with van der Waals surface area (Å²) in [7, 11) is 1.26. The van der Waals surface area contributed by atoms with Crippen molar-refractivity contribution in [3.8, 4) is 5.75 Å². The number of ether oxygens (including phenoxy) is 2. The van der Waals surface area contributed by atoms with Crippen molar-refractivity contribution >= 4 is 11.9 Å². The first-order valence-corrected chi connectivity index (χ1v) is 7.19. The van der Waals surface area contributed by atoms with Crippen LogP contribution in [0.4, 0.5) is 0 Å². The van der Waals surface area contributed by atoms with Gasteiger partial charge in [0.1, 0.15) is 5.75 Å². The van der Waals surface area contributed by atoms with Crippen molar-refractivity contribution in [2.24, 2.45) is 0 Å². The van der Waals surface area contributed by atoms with Crippen molar-refractivity contribution in [1.82, 2.24) is 5.32 Å².